The lowest BCUT2D eigenvalue weighted by atomic mass is 9.81. The van der Waals surface area contributed by atoms with E-state index in [1.807, 2.05) is 17.4 Å². The number of nitrogens with one attached hydrogen (secondary N) is 1. The highest BCUT2D eigenvalue weighted by atomic mass is 32.1. The van der Waals surface area contributed by atoms with Crippen molar-refractivity contribution in [1.29, 1.82) is 0 Å². The number of rotatable bonds is 4. The summed E-state index contributed by atoms with van der Waals surface area (Å²) < 4.78 is 1.33. The Morgan fingerprint density at radius 3 is 2.60 bits per heavy atom. The largest absolute Gasteiger partial charge is 0.354 e. The smallest absolute Gasteiger partial charge is 0.0562 e. The number of aryl methyl sites for hydroxylation is 1. The van der Waals surface area contributed by atoms with Gasteiger partial charge >= 0.3 is 0 Å². The zero-order valence-electron chi connectivity index (χ0n) is 17.4. The van der Waals surface area contributed by atoms with Crippen LogP contribution in [0.25, 0.3) is 44.0 Å². The summed E-state index contributed by atoms with van der Waals surface area (Å²) in [6.45, 7) is 12.6. The molecule has 0 aliphatic heterocycles. The third-order valence-electron chi connectivity index (χ3n) is 6.21. The van der Waals surface area contributed by atoms with E-state index < -0.39 is 0 Å². The number of hydrogen-bond donors (Lipinski definition) is 1. The highest BCUT2D eigenvalue weighted by molar-refractivity contribution is 7.19. The highest BCUT2D eigenvalue weighted by Gasteiger charge is 2.27. The van der Waals surface area contributed by atoms with Gasteiger partial charge in [-0.3, -0.25) is 0 Å². The molecule has 2 aromatic carbocycles. The molecule has 1 aliphatic carbocycles. The number of hydrogen-bond acceptors (Lipinski definition) is 1. The molecule has 2 heteroatoms. The number of thiophene rings is 1. The Labute approximate surface area is 181 Å². The summed E-state index contributed by atoms with van der Waals surface area (Å²) in [6.07, 6.45) is 17.3. The van der Waals surface area contributed by atoms with Crippen LogP contribution >= 0.6 is 11.3 Å². The fraction of sp³-hybridized carbons (Fsp3) is 0.143. The van der Waals surface area contributed by atoms with Gasteiger partial charge in [-0.25, -0.2) is 0 Å². The summed E-state index contributed by atoms with van der Waals surface area (Å²) in [5.74, 6) is 0.596. The molecule has 0 bridgehead atoms. The van der Waals surface area contributed by atoms with Gasteiger partial charge in [0, 0.05) is 43.1 Å². The van der Waals surface area contributed by atoms with Crippen molar-refractivity contribution >= 4 is 55.4 Å². The molecule has 5 rings (SSSR count). The molecule has 0 saturated carbocycles. The maximum atomic E-state index is 4.18. The zero-order valence-corrected chi connectivity index (χ0v) is 18.2. The molecule has 2 heterocycles. The Morgan fingerprint density at radius 2 is 1.83 bits per heavy atom. The Hall–Kier alpha value is -3.10. The molecule has 1 nitrogen and oxygen atoms in total. The van der Waals surface area contributed by atoms with Crippen molar-refractivity contribution in [2.45, 2.75) is 19.8 Å². The Kier molecular flexibility index (Phi) is 4.60. The number of allylic oxidation sites excluding steroid dienone is 6. The average molecular weight is 408 g/mol. The van der Waals surface area contributed by atoms with E-state index in [2.05, 4.69) is 98.8 Å². The fourth-order valence-corrected chi connectivity index (χ4v) is 6.20. The first-order valence-corrected chi connectivity index (χ1v) is 11.2. The monoisotopic (exact) mass is 407 g/mol. The van der Waals surface area contributed by atoms with Crippen LogP contribution in [0.3, 0.4) is 0 Å². The maximum Gasteiger partial charge on any atom is 0.0562 e. The lowest BCUT2D eigenvalue weighted by Gasteiger charge is -2.22. The quantitative estimate of drug-likeness (QED) is 0.326. The molecule has 0 radical (unpaired) electrons. The number of aromatic amines is 1. The molecule has 2 aromatic heterocycles. The van der Waals surface area contributed by atoms with Crippen LogP contribution in [0, 0.1) is 12.8 Å². The molecule has 2 unspecified atom stereocenters. The minimum atomic E-state index is 0.295. The second kappa shape index (κ2) is 7.30. The SMILES string of the molecule is C=Cc1c(/C=C\C)c2sc(C)c(C3C=CC=CC3C=C)c2c2[nH]c3ccccc3c12. The average Bonchev–Trinajstić information content (AvgIpc) is 3.32. The number of aromatic nitrogens is 1. The van der Waals surface area contributed by atoms with Crippen molar-refractivity contribution in [3.8, 4) is 0 Å². The molecule has 30 heavy (non-hydrogen) atoms. The van der Waals surface area contributed by atoms with Crippen LogP contribution in [0.1, 0.15) is 34.4 Å². The maximum absolute atomic E-state index is 4.18. The molecule has 0 saturated heterocycles. The third kappa shape index (κ3) is 2.60. The third-order valence-corrected chi connectivity index (χ3v) is 7.37. The number of fused-ring (bicyclic) bond motifs is 5. The topological polar surface area (TPSA) is 15.8 Å². The lowest BCUT2D eigenvalue weighted by molar-refractivity contribution is 0.704. The van der Waals surface area contributed by atoms with E-state index in [-0.39, 0.29) is 0 Å². The van der Waals surface area contributed by atoms with E-state index in [4.69, 9.17) is 0 Å². The molecule has 0 spiro atoms. The highest BCUT2D eigenvalue weighted by Crippen LogP contribution is 2.48. The van der Waals surface area contributed by atoms with Gasteiger partial charge in [-0.1, -0.05) is 73.4 Å². The van der Waals surface area contributed by atoms with Crippen LogP contribution in [0.2, 0.25) is 0 Å². The van der Waals surface area contributed by atoms with Gasteiger partial charge in [0.25, 0.3) is 0 Å². The molecule has 1 N–H and O–H groups in total. The fourth-order valence-electron chi connectivity index (χ4n) is 4.95. The predicted molar refractivity (Wildman–Crippen MR) is 135 cm³/mol. The Bertz CT molecular complexity index is 1400. The van der Waals surface area contributed by atoms with Crippen molar-refractivity contribution in [3.05, 3.63) is 95.4 Å². The van der Waals surface area contributed by atoms with Gasteiger partial charge in [0.1, 0.15) is 0 Å². The van der Waals surface area contributed by atoms with E-state index >= 15 is 0 Å². The minimum absolute atomic E-state index is 0.295. The Balaban J connectivity index is 2.02. The van der Waals surface area contributed by atoms with Crippen LogP contribution in [0.15, 0.2) is 73.9 Å². The second-order valence-corrected chi connectivity index (χ2v) is 9.06. The van der Waals surface area contributed by atoms with Crippen LogP contribution in [-0.4, -0.2) is 4.98 Å². The van der Waals surface area contributed by atoms with Crippen molar-refractivity contribution in [2.24, 2.45) is 5.92 Å². The molecular formula is C28H25NS. The standard InChI is InChI=1S/C28H25NS/c1-5-12-21-19(7-3)25-22-15-10-11-16-23(22)29-27(25)26-24(17(4)30-28(21)26)20-14-9-8-13-18(20)6-2/h5-16,18,20,29H,2-3H2,1,4H3/b12-5-. The summed E-state index contributed by atoms with van der Waals surface area (Å²) >= 11 is 1.89. The first kappa shape index (κ1) is 18.9. The van der Waals surface area contributed by atoms with Crippen molar-refractivity contribution < 1.29 is 0 Å². The summed E-state index contributed by atoms with van der Waals surface area (Å²) in [5.41, 5.74) is 6.28. The van der Waals surface area contributed by atoms with Crippen LogP contribution in [-0.2, 0) is 0 Å². The summed E-state index contributed by atoms with van der Waals surface area (Å²) in [5, 5.41) is 3.87. The van der Waals surface area contributed by atoms with Gasteiger partial charge in [-0.05, 0) is 36.6 Å². The summed E-state index contributed by atoms with van der Waals surface area (Å²) in [4.78, 5) is 5.13. The van der Waals surface area contributed by atoms with E-state index in [1.165, 1.54) is 53.5 Å². The van der Waals surface area contributed by atoms with Gasteiger partial charge in [0.05, 0.1) is 5.52 Å². The second-order valence-electron chi connectivity index (χ2n) is 7.84. The lowest BCUT2D eigenvalue weighted by Crippen LogP contribution is -2.09. The minimum Gasteiger partial charge on any atom is -0.354 e. The van der Waals surface area contributed by atoms with Gasteiger partial charge in [-0.15, -0.1) is 17.9 Å². The molecule has 0 fully saturated rings. The summed E-state index contributed by atoms with van der Waals surface area (Å²) in [6, 6.07) is 8.58. The molecule has 1 aliphatic rings. The van der Waals surface area contributed by atoms with E-state index in [0.29, 0.717) is 11.8 Å². The molecule has 148 valence electrons. The number of H-pyrrole nitrogens is 1. The normalized spacial score (nSPS) is 18.9. The Morgan fingerprint density at radius 1 is 1.03 bits per heavy atom. The van der Waals surface area contributed by atoms with E-state index in [9.17, 15) is 0 Å². The van der Waals surface area contributed by atoms with Crippen molar-refractivity contribution in [2.75, 3.05) is 0 Å². The van der Waals surface area contributed by atoms with Crippen LogP contribution in [0.5, 0.6) is 0 Å². The first-order chi connectivity index (χ1) is 14.7. The van der Waals surface area contributed by atoms with Gasteiger partial charge in [-0.2, -0.15) is 0 Å². The van der Waals surface area contributed by atoms with Crippen molar-refractivity contribution in [1.82, 2.24) is 4.98 Å². The van der Waals surface area contributed by atoms with Gasteiger partial charge < -0.3 is 4.98 Å². The zero-order chi connectivity index (χ0) is 20.8. The first-order valence-electron chi connectivity index (χ1n) is 10.4. The van der Waals surface area contributed by atoms with Gasteiger partial charge in [0.15, 0.2) is 0 Å². The van der Waals surface area contributed by atoms with E-state index in [1.54, 1.807) is 0 Å². The number of para-hydroxylation sites is 1. The van der Waals surface area contributed by atoms with Crippen molar-refractivity contribution in [3.63, 3.8) is 0 Å². The molecule has 0 amide bonds. The van der Waals surface area contributed by atoms with Gasteiger partial charge in [0.2, 0.25) is 0 Å². The number of benzene rings is 2. The van der Waals surface area contributed by atoms with Crippen LogP contribution in [0.4, 0.5) is 0 Å². The predicted octanol–water partition coefficient (Wildman–Crippen LogP) is 8.53. The van der Waals surface area contributed by atoms with E-state index in [0.717, 1.165) is 0 Å². The molecular weight excluding hydrogens is 382 g/mol. The summed E-state index contributed by atoms with van der Waals surface area (Å²) in [7, 11) is 0. The molecule has 4 aromatic rings. The van der Waals surface area contributed by atoms with Crippen LogP contribution < -0.4 is 0 Å². The molecule has 2 atom stereocenters.